The molecule has 0 radical (unpaired) electrons. The van der Waals surface area contributed by atoms with Gasteiger partial charge in [-0.15, -0.1) is 23.7 Å². The Morgan fingerprint density at radius 1 is 1.40 bits per heavy atom. The fourth-order valence-electron chi connectivity index (χ4n) is 2.31. The van der Waals surface area contributed by atoms with Crippen molar-refractivity contribution >= 4 is 32.5 Å². The third-order valence-corrected chi connectivity index (χ3v) is 5.95. The minimum Gasteiger partial charge on any atom is -0.457 e. The Labute approximate surface area is 150 Å². The Morgan fingerprint density at radius 2 is 2.12 bits per heavy atom. The maximum Gasteiger partial charge on any atom is 0.338 e. The summed E-state index contributed by atoms with van der Waals surface area (Å²) in [5.41, 5.74) is 0.288. The molecule has 1 saturated carbocycles. The van der Waals surface area contributed by atoms with Crippen molar-refractivity contribution in [3.63, 3.8) is 0 Å². The lowest BCUT2D eigenvalue weighted by molar-refractivity contribution is 0.0261. The first kappa shape index (κ1) is 17.5. The Kier molecular flexibility index (Phi) is 5.06. The van der Waals surface area contributed by atoms with Crippen molar-refractivity contribution in [3.8, 4) is 12.3 Å². The second-order valence-electron chi connectivity index (χ2n) is 5.66. The van der Waals surface area contributed by atoms with E-state index in [1.807, 2.05) is 0 Å². The highest BCUT2D eigenvalue weighted by Gasteiger charge is 2.33. The smallest absolute Gasteiger partial charge is 0.338 e. The van der Waals surface area contributed by atoms with Gasteiger partial charge < -0.3 is 4.74 Å². The number of terminal acetylenes is 1. The second kappa shape index (κ2) is 7.25. The first-order chi connectivity index (χ1) is 12.0. The molecule has 0 spiro atoms. The standard InChI is InChI=1S/C17H16N2O4S2/c1-2-3-15(12-4-5-12)23-16(20)13-6-8-14(9-7-13)25(21,22)19-17-18-10-11-24-17/h1,6-12,15H,3-5H2,(H,18,19)/t15-/m1/s1. The molecule has 2 aromatic rings. The Bertz CT molecular complexity index is 880. The van der Waals surface area contributed by atoms with E-state index in [2.05, 4.69) is 15.6 Å². The fourth-order valence-corrected chi connectivity index (χ4v) is 4.10. The van der Waals surface area contributed by atoms with Gasteiger partial charge in [0.15, 0.2) is 5.13 Å². The number of aromatic nitrogens is 1. The Hall–Kier alpha value is -2.37. The summed E-state index contributed by atoms with van der Waals surface area (Å²) in [7, 11) is -3.74. The SMILES string of the molecule is C#CC[C@@H](OC(=O)c1ccc(S(=O)(=O)Nc2nccs2)cc1)C1CC1. The van der Waals surface area contributed by atoms with E-state index < -0.39 is 16.0 Å². The zero-order chi connectivity index (χ0) is 17.9. The van der Waals surface area contributed by atoms with E-state index in [1.165, 1.54) is 41.8 Å². The highest BCUT2D eigenvalue weighted by Crippen LogP contribution is 2.36. The van der Waals surface area contributed by atoms with Crippen molar-refractivity contribution < 1.29 is 17.9 Å². The van der Waals surface area contributed by atoms with Gasteiger partial charge in [-0.1, -0.05) is 0 Å². The molecule has 1 fully saturated rings. The zero-order valence-electron chi connectivity index (χ0n) is 13.2. The van der Waals surface area contributed by atoms with Crippen molar-refractivity contribution in [2.75, 3.05) is 4.72 Å². The van der Waals surface area contributed by atoms with Gasteiger partial charge in [0.25, 0.3) is 10.0 Å². The largest absolute Gasteiger partial charge is 0.457 e. The number of carbonyl (C=O) groups is 1. The van der Waals surface area contributed by atoms with Crippen molar-refractivity contribution in [1.29, 1.82) is 0 Å². The van der Waals surface area contributed by atoms with E-state index in [4.69, 9.17) is 11.2 Å². The van der Waals surface area contributed by atoms with Gasteiger partial charge in [-0.2, -0.15) is 0 Å². The average molecular weight is 376 g/mol. The number of anilines is 1. The van der Waals surface area contributed by atoms with Crippen LogP contribution in [0.5, 0.6) is 0 Å². The van der Waals surface area contributed by atoms with E-state index in [9.17, 15) is 13.2 Å². The molecular formula is C17H16N2O4S2. The molecule has 130 valence electrons. The minimum absolute atomic E-state index is 0.0432. The van der Waals surface area contributed by atoms with Crippen LogP contribution in [-0.4, -0.2) is 25.5 Å². The minimum atomic E-state index is -3.74. The summed E-state index contributed by atoms with van der Waals surface area (Å²) in [4.78, 5) is 16.1. The van der Waals surface area contributed by atoms with E-state index in [0.717, 1.165) is 12.8 Å². The number of thiazole rings is 1. The number of sulfonamides is 1. The summed E-state index contributed by atoms with van der Waals surface area (Å²) < 4.78 is 32.4. The molecule has 1 N–H and O–H groups in total. The molecule has 0 aliphatic heterocycles. The van der Waals surface area contributed by atoms with Crippen LogP contribution >= 0.6 is 11.3 Å². The molecule has 1 aromatic heterocycles. The number of hydrogen-bond donors (Lipinski definition) is 1. The monoisotopic (exact) mass is 376 g/mol. The molecule has 0 saturated heterocycles. The van der Waals surface area contributed by atoms with Crippen LogP contribution in [0.2, 0.25) is 0 Å². The number of nitrogens with one attached hydrogen (secondary N) is 1. The van der Waals surface area contributed by atoms with E-state index in [0.29, 0.717) is 12.3 Å². The van der Waals surface area contributed by atoms with Crippen LogP contribution in [0.1, 0.15) is 29.6 Å². The average Bonchev–Trinajstić information content (AvgIpc) is 3.32. The van der Waals surface area contributed by atoms with Crippen LogP contribution in [-0.2, 0) is 14.8 Å². The van der Waals surface area contributed by atoms with Crippen LogP contribution in [0.25, 0.3) is 0 Å². The number of rotatable bonds is 7. The van der Waals surface area contributed by atoms with Crippen molar-refractivity contribution in [1.82, 2.24) is 4.98 Å². The lowest BCUT2D eigenvalue weighted by atomic mass is 10.1. The molecule has 25 heavy (non-hydrogen) atoms. The van der Waals surface area contributed by atoms with Gasteiger partial charge in [0.2, 0.25) is 0 Å². The molecule has 8 heteroatoms. The molecule has 3 rings (SSSR count). The number of carbonyl (C=O) groups excluding carboxylic acids is 1. The van der Waals surface area contributed by atoms with E-state index in [1.54, 1.807) is 5.38 Å². The van der Waals surface area contributed by atoms with Crippen LogP contribution in [0.4, 0.5) is 5.13 Å². The second-order valence-corrected chi connectivity index (χ2v) is 8.23. The fraction of sp³-hybridized carbons (Fsp3) is 0.294. The van der Waals surface area contributed by atoms with Gasteiger partial charge in [0.1, 0.15) is 6.10 Å². The number of nitrogens with zero attached hydrogens (tertiary/aromatic N) is 1. The summed E-state index contributed by atoms with van der Waals surface area (Å²) in [6, 6.07) is 5.58. The maximum atomic E-state index is 12.3. The van der Waals surface area contributed by atoms with Crippen LogP contribution in [0.3, 0.4) is 0 Å². The Morgan fingerprint density at radius 3 is 2.68 bits per heavy atom. The van der Waals surface area contributed by atoms with Crippen LogP contribution < -0.4 is 4.72 Å². The normalized spacial score (nSPS) is 15.2. The lowest BCUT2D eigenvalue weighted by Gasteiger charge is -2.15. The van der Waals surface area contributed by atoms with Gasteiger partial charge >= 0.3 is 5.97 Å². The first-order valence-corrected chi connectivity index (χ1v) is 10.0. The molecule has 1 atom stereocenters. The van der Waals surface area contributed by atoms with Gasteiger partial charge in [0.05, 0.1) is 10.5 Å². The van der Waals surface area contributed by atoms with Crippen LogP contribution in [0.15, 0.2) is 40.7 Å². The predicted octanol–water partition coefficient (Wildman–Crippen LogP) is 2.90. The summed E-state index contributed by atoms with van der Waals surface area (Å²) in [6.45, 7) is 0. The maximum absolute atomic E-state index is 12.3. The molecule has 1 aliphatic carbocycles. The number of esters is 1. The quantitative estimate of drug-likeness (QED) is 0.593. The molecule has 0 bridgehead atoms. The zero-order valence-corrected chi connectivity index (χ0v) is 14.8. The number of hydrogen-bond acceptors (Lipinski definition) is 6. The molecular weight excluding hydrogens is 360 g/mol. The number of benzene rings is 1. The summed E-state index contributed by atoms with van der Waals surface area (Å²) in [5, 5.41) is 1.95. The van der Waals surface area contributed by atoms with E-state index in [-0.39, 0.29) is 21.7 Å². The molecule has 0 amide bonds. The third kappa shape index (κ3) is 4.38. The van der Waals surface area contributed by atoms with Gasteiger partial charge in [-0.3, -0.25) is 4.72 Å². The molecule has 6 nitrogen and oxygen atoms in total. The summed E-state index contributed by atoms with van der Waals surface area (Å²) in [6.07, 6.45) is 8.97. The Balaban J connectivity index is 1.69. The summed E-state index contributed by atoms with van der Waals surface area (Å²) in [5.74, 6) is 2.37. The highest BCUT2D eigenvalue weighted by molar-refractivity contribution is 7.93. The first-order valence-electron chi connectivity index (χ1n) is 7.66. The lowest BCUT2D eigenvalue weighted by Crippen LogP contribution is -2.20. The van der Waals surface area contributed by atoms with E-state index >= 15 is 0 Å². The van der Waals surface area contributed by atoms with Gasteiger partial charge in [0, 0.05) is 18.0 Å². The van der Waals surface area contributed by atoms with Gasteiger partial charge in [-0.25, -0.2) is 18.2 Å². The van der Waals surface area contributed by atoms with Crippen molar-refractivity contribution in [2.24, 2.45) is 5.92 Å². The van der Waals surface area contributed by atoms with Crippen molar-refractivity contribution in [3.05, 3.63) is 41.4 Å². The van der Waals surface area contributed by atoms with Crippen molar-refractivity contribution in [2.45, 2.75) is 30.3 Å². The van der Waals surface area contributed by atoms with Gasteiger partial charge in [-0.05, 0) is 43.0 Å². The summed E-state index contributed by atoms with van der Waals surface area (Å²) >= 11 is 1.18. The topological polar surface area (TPSA) is 85.4 Å². The number of ether oxygens (including phenoxy) is 1. The molecule has 1 aromatic carbocycles. The molecule has 1 aliphatic rings. The predicted molar refractivity (Wildman–Crippen MR) is 94.7 cm³/mol. The molecule has 1 heterocycles. The third-order valence-electron chi connectivity index (χ3n) is 3.78. The van der Waals surface area contributed by atoms with Crippen LogP contribution in [0, 0.1) is 18.3 Å². The highest BCUT2D eigenvalue weighted by atomic mass is 32.2. The molecule has 0 unspecified atom stereocenters.